The van der Waals surface area contributed by atoms with E-state index in [4.69, 9.17) is 27.9 Å². The molecule has 1 aromatic rings. The number of fused-ring (bicyclic) bond motifs is 2. The lowest BCUT2D eigenvalue weighted by Gasteiger charge is -2.22. The number of rotatable bonds is 5. The van der Waals surface area contributed by atoms with Gasteiger partial charge in [-0.1, -0.05) is 29.3 Å². The van der Waals surface area contributed by atoms with Crippen LogP contribution in [-0.4, -0.2) is 37.8 Å². The first kappa shape index (κ1) is 20.1. The van der Waals surface area contributed by atoms with Gasteiger partial charge in [0.25, 0.3) is 0 Å². The monoisotopic (exact) mass is 483 g/mol. The second-order valence-corrected chi connectivity index (χ2v) is 7.04. The largest absolute Gasteiger partial charge is 0.373 e. The molecule has 3 rings (SSSR count). The fourth-order valence-electron chi connectivity index (χ4n) is 3.37. The zero-order chi connectivity index (χ0) is 16.2. The maximum atomic E-state index is 6.19. The maximum Gasteiger partial charge on any atom is 0.191 e. The average molecular weight is 484 g/mol. The fraction of sp³-hybridized carbons (Fsp3) is 0.588. The van der Waals surface area contributed by atoms with Crippen molar-refractivity contribution in [1.29, 1.82) is 0 Å². The third-order valence-corrected chi connectivity index (χ3v) is 5.17. The van der Waals surface area contributed by atoms with Crippen LogP contribution in [0, 0.1) is 0 Å². The summed E-state index contributed by atoms with van der Waals surface area (Å²) in [7, 11) is 1.81. The van der Waals surface area contributed by atoms with Gasteiger partial charge in [0.2, 0.25) is 0 Å². The van der Waals surface area contributed by atoms with E-state index in [0.717, 1.165) is 48.8 Å². The molecule has 0 aliphatic carbocycles. The number of guanidine groups is 1. The highest BCUT2D eigenvalue weighted by Gasteiger charge is 2.41. The Balaban J connectivity index is 0.00000208. The van der Waals surface area contributed by atoms with Gasteiger partial charge >= 0.3 is 0 Å². The second kappa shape index (κ2) is 9.46. The first-order chi connectivity index (χ1) is 11.2. The zero-order valence-electron chi connectivity index (χ0n) is 13.7. The minimum absolute atomic E-state index is 0. The molecular formula is C17H24Cl2IN3O. The summed E-state index contributed by atoms with van der Waals surface area (Å²) in [5.74, 6) is 0.855. The first-order valence-corrected chi connectivity index (χ1v) is 8.98. The van der Waals surface area contributed by atoms with E-state index in [2.05, 4.69) is 15.6 Å². The van der Waals surface area contributed by atoms with Gasteiger partial charge in [-0.25, -0.2) is 0 Å². The summed E-state index contributed by atoms with van der Waals surface area (Å²) in [6, 6.07) is 6.06. The molecule has 7 heteroatoms. The molecule has 0 saturated carbocycles. The normalized spacial score (nSPS) is 25.5. The molecule has 4 nitrogen and oxygen atoms in total. The van der Waals surface area contributed by atoms with Gasteiger partial charge in [-0.2, -0.15) is 0 Å². The number of aliphatic imine (C=N–C) groups is 1. The lowest BCUT2D eigenvalue weighted by molar-refractivity contribution is 0.0992. The number of hydrogen-bond donors (Lipinski definition) is 2. The predicted octanol–water partition coefficient (Wildman–Crippen LogP) is 4.03. The summed E-state index contributed by atoms with van der Waals surface area (Å²) in [4.78, 5) is 4.30. The van der Waals surface area contributed by atoms with Crippen molar-refractivity contribution in [2.45, 2.75) is 50.4 Å². The number of aryl methyl sites for hydroxylation is 1. The minimum Gasteiger partial charge on any atom is -0.373 e. The number of nitrogens with one attached hydrogen (secondary N) is 2. The van der Waals surface area contributed by atoms with Gasteiger partial charge in [-0.15, -0.1) is 24.0 Å². The first-order valence-electron chi connectivity index (χ1n) is 8.22. The number of nitrogens with zero attached hydrogens (tertiary/aromatic N) is 1. The van der Waals surface area contributed by atoms with E-state index in [1.807, 2.05) is 12.1 Å². The van der Waals surface area contributed by atoms with Crippen molar-refractivity contribution in [3.63, 3.8) is 0 Å². The van der Waals surface area contributed by atoms with Crippen LogP contribution in [0.4, 0.5) is 0 Å². The molecule has 0 spiro atoms. The maximum absolute atomic E-state index is 6.19. The van der Waals surface area contributed by atoms with Crippen LogP contribution in [0.2, 0.25) is 10.0 Å². The molecule has 0 radical (unpaired) electrons. The highest BCUT2D eigenvalue weighted by molar-refractivity contribution is 14.0. The molecule has 2 N–H and O–H groups in total. The van der Waals surface area contributed by atoms with Gasteiger partial charge in [0, 0.05) is 23.6 Å². The summed E-state index contributed by atoms with van der Waals surface area (Å²) in [6.07, 6.45) is 6.15. The molecular weight excluding hydrogens is 460 g/mol. The van der Waals surface area contributed by atoms with Crippen LogP contribution in [-0.2, 0) is 11.2 Å². The molecule has 0 amide bonds. The van der Waals surface area contributed by atoms with E-state index >= 15 is 0 Å². The van der Waals surface area contributed by atoms with Gasteiger partial charge in [0.1, 0.15) is 0 Å². The Hall–Kier alpha value is -0.240. The van der Waals surface area contributed by atoms with E-state index in [0.29, 0.717) is 23.3 Å². The lowest BCUT2D eigenvalue weighted by atomic mass is 9.96. The number of ether oxygens (including phenoxy) is 1. The van der Waals surface area contributed by atoms with Gasteiger partial charge < -0.3 is 15.4 Å². The van der Waals surface area contributed by atoms with Crippen LogP contribution >= 0.6 is 47.2 Å². The molecule has 2 heterocycles. The van der Waals surface area contributed by atoms with Crippen molar-refractivity contribution in [2.24, 2.45) is 4.99 Å². The molecule has 2 saturated heterocycles. The van der Waals surface area contributed by atoms with E-state index in [9.17, 15) is 0 Å². The topological polar surface area (TPSA) is 45.7 Å². The average Bonchev–Trinajstić information content (AvgIpc) is 3.14. The van der Waals surface area contributed by atoms with Crippen LogP contribution in [0.5, 0.6) is 0 Å². The quantitative estimate of drug-likeness (QED) is 0.287. The molecule has 24 heavy (non-hydrogen) atoms. The van der Waals surface area contributed by atoms with Crippen LogP contribution in [0.1, 0.15) is 31.2 Å². The zero-order valence-corrected chi connectivity index (χ0v) is 17.6. The Morgan fingerprint density at radius 3 is 2.79 bits per heavy atom. The molecule has 2 aliphatic heterocycles. The third-order valence-electron chi connectivity index (χ3n) is 4.58. The standard InChI is InChI=1S/C17H23Cl2N3O.HI/c1-20-17(22-15-10-13-6-7-16(15)23-13)21-8-2-3-11-4-5-12(18)9-14(11)19;/h4-5,9,13,15-16H,2-3,6-8,10H2,1H3,(H2,20,21,22);1H. The fourth-order valence-corrected chi connectivity index (χ4v) is 3.87. The smallest absolute Gasteiger partial charge is 0.191 e. The molecule has 134 valence electrons. The van der Waals surface area contributed by atoms with E-state index in [-0.39, 0.29) is 24.0 Å². The van der Waals surface area contributed by atoms with Crippen LogP contribution in [0.25, 0.3) is 0 Å². The molecule has 2 fully saturated rings. The van der Waals surface area contributed by atoms with Crippen molar-refractivity contribution in [1.82, 2.24) is 10.6 Å². The van der Waals surface area contributed by atoms with Crippen LogP contribution < -0.4 is 10.6 Å². The molecule has 3 unspecified atom stereocenters. The minimum atomic E-state index is 0. The van der Waals surface area contributed by atoms with E-state index in [1.165, 1.54) is 6.42 Å². The van der Waals surface area contributed by atoms with Gasteiger partial charge in [-0.05, 0) is 49.8 Å². The molecule has 0 aromatic heterocycles. The van der Waals surface area contributed by atoms with Crippen molar-refractivity contribution in [3.05, 3.63) is 33.8 Å². The molecule has 2 bridgehead atoms. The van der Waals surface area contributed by atoms with Gasteiger partial charge in [-0.3, -0.25) is 4.99 Å². The van der Waals surface area contributed by atoms with Crippen molar-refractivity contribution >= 4 is 53.1 Å². The van der Waals surface area contributed by atoms with Crippen LogP contribution in [0.15, 0.2) is 23.2 Å². The summed E-state index contributed by atoms with van der Waals surface area (Å²) in [5.41, 5.74) is 1.13. The number of benzene rings is 1. The summed E-state index contributed by atoms with van der Waals surface area (Å²) < 4.78 is 5.87. The number of halogens is 3. The number of hydrogen-bond acceptors (Lipinski definition) is 2. The molecule has 2 aliphatic rings. The predicted molar refractivity (Wildman–Crippen MR) is 111 cm³/mol. The Kier molecular flexibility index (Phi) is 7.91. The molecule has 3 atom stereocenters. The van der Waals surface area contributed by atoms with E-state index in [1.54, 1.807) is 13.1 Å². The second-order valence-electron chi connectivity index (χ2n) is 6.20. The Bertz CT molecular complexity index is 585. The van der Waals surface area contributed by atoms with Gasteiger partial charge in [0.05, 0.1) is 18.2 Å². The van der Waals surface area contributed by atoms with Crippen molar-refractivity contribution in [3.8, 4) is 0 Å². The van der Waals surface area contributed by atoms with E-state index < -0.39 is 0 Å². The highest BCUT2D eigenvalue weighted by atomic mass is 127. The third kappa shape index (κ3) is 5.13. The van der Waals surface area contributed by atoms with Crippen molar-refractivity contribution < 1.29 is 4.74 Å². The molecule has 1 aromatic carbocycles. The summed E-state index contributed by atoms with van der Waals surface area (Å²) in [6.45, 7) is 0.848. The highest BCUT2D eigenvalue weighted by Crippen LogP contribution is 2.34. The SMILES string of the molecule is CN=C(NCCCc1ccc(Cl)cc1Cl)NC1CC2CCC1O2.I. The van der Waals surface area contributed by atoms with Crippen LogP contribution in [0.3, 0.4) is 0 Å². The Labute approximate surface area is 170 Å². The van der Waals surface area contributed by atoms with Gasteiger partial charge in [0.15, 0.2) is 5.96 Å². The van der Waals surface area contributed by atoms with Crippen molar-refractivity contribution in [2.75, 3.05) is 13.6 Å². The summed E-state index contributed by atoms with van der Waals surface area (Å²) in [5, 5.41) is 8.27. The Morgan fingerprint density at radius 2 is 2.17 bits per heavy atom. The Morgan fingerprint density at radius 1 is 1.33 bits per heavy atom. The summed E-state index contributed by atoms with van der Waals surface area (Å²) >= 11 is 12.1. The lowest BCUT2D eigenvalue weighted by Crippen LogP contribution is -2.47.